The Kier molecular flexibility index (Phi) is 6.96. The van der Waals surface area contributed by atoms with Crippen LogP contribution in [-0.4, -0.2) is 27.0 Å². The number of hydrogen-bond acceptors (Lipinski definition) is 4. The van der Waals surface area contributed by atoms with Gasteiger partial charge in [-0.25, -0.2) is 9.48 Å². The van der Waals surface area contributed by atoms with Gasteiger partial charge in [-0.1, -0.05) is 60.1 Å². The summed E-state index contributed by atoms with van der Waals surface area (Å²) in [4.78, 5) is 11.9. The molecule has 0 saturated carbocycles. The first-order chi connectivity index (χ1) is 16.6. The molecule has 1 amide bonds. The summed E-state index contributed by atoms with van der Waals surface area (Å²) in [6, 6.07) is 24.7. The average Bonchev–Trinajstić information content (AvgIpc) is 3.25. The van der Waals surface area contributed by atoms with Crippen molar-refractivity contribution < 1.29 is 14.6 Å². The number of nitrogens with zero attached hydrogens (tertiary/aromatic N) is 2. The Balaban J connectivity index is 1.67. The molecule has 4 rings (SSSR count). The molecule has 0 unspecified atom stereocenters. The van der Waals surface area contributed by atoms with Gasteiger partial charge in [0.25, 0.3) is 0 Å². The molecule has 180 valence electrons. The molecule has 1 heterocycles. The van der Waals surface area contributed by atoms with E-state index in [9.17, 15) is 9.90 Å². The summed E-state index contributed by atoms with van der Waals surface area (Å²) in [5, 5.41) is 18.5. The van der Waals surface area contributed by atoms with Gasteiger partial charge in [-0.3, -0.25) is 0 Å². The highest BCUT2D eigenvalue weighted by Gasteiger charge is 2.23. The molecule has 7 heteroatoms. The Hall–Kier alpha value is -3.61. The van der Waals surface area contributed by atoms with Gasteiger partial charge in [0.05, 0.1) is 22.1 Å². The monoisotopic (exact) mass is 489 g/mol. The van der Waals surface area contributed by atoms with Crippen LogP contribution in [-0.2, 0) is 5.60 Å². The highest BCUT2D eigenvalue weighted by Crippen LogP contribution is 2.32. The van der Waals surface area contributed by atoms with Crippen molar-refractivity contribution in [2.24, 2.45) is 0 Å². The van der Waals surface area contributed by atoms with E-state index in [4.69, 9.17) is 16.3 Å². The predicted molar refractivity (Wildman–Crippen MR) is 139 cm³/mol. The van der Waals surface area contributed by atoms with E-state index in [2.05, 4.69) is 10.4 Å². The van der Waals surface area contributed by atoms with E-state index in [1.165, 1.54) is 0 Å². The van der Waals surface area contributed by atoms with Crippen LogP contribution in [0.3, 0.4) is 0 Å². The number of benzene rings is 3. The van der Waals surface area contributed by atoms with Gasteiger partial charge in [0.1, 0.15) is 11.4 Å². The second-order valence-corrected chi connectivity index (χ2v) is 9.54. The van der Waals surface area contributed by atoms with Gasteiger partial charge in [0.2, 0.25) is 0 Å². The van der Waals surface area contributed by atoms with Crippen LogP contribution >= 0.6 is 11.6 Å². The maximum Gasteiger partial charge on any atom is 0.412 e. The number of carbonyl (C=O) groups excluding carboxylic acids is 1. The molecule has 0 radical (unpaired) electrons. The molecule has 1 aromatic heterocycles. The minimum atomic E-state index is -1.11. The molecule has 4 aromatic rings. The second kappa shape index (κ2) is 9.94. The first-order valence-corrected chi connectivity index (χ1v) is 11.8. The Labute approximate surface area is 210 Å². The number of rotatable bonds is 6. The highest BCUT2D eigenvalue weighted by molar-refractivity contribution is 6.32. The number of aromatic nitrogens is 2. The van der Waals surface area contributed by atoms with Crippen molar-refractivity contribution in [3.63, 3.8) is 0 Å². The van der Waals surface area contributed by atoms with E-state index in [0.29, 0.717) is 16.5 Å². The summed E-state index contributed by atoms with van der Waals surface area (Å²) in [6.45, 7) is 7.16. The lowest BCUT2D eigenvalue weighted by atomic mass is 10.0. The van der Waals surface area contributed by atoms with Gasteiger partial charge in [0.15, 0.2) is 0 Å². The Morgan fingerprint density at radius 3 is 2.31 bits per heavy atom. The largest absolute Gasteiger partial charge is 0.412 e. The maximum absolute atomic E-state index is 11.9. The van der Waals surface area contributed by atoms with Crippen LogP contribution in [0.25, 0.3) is 28.1 Å². The predicted octanol–water partition coefficient (Wildman–Crippen LogP) is 6.58. The smallest absolute Gasteiger partial charge is 0.410 e. The third kappa shape index (κ3) is 5.73. The molecule has 0 aliphatic carbocycles. The molecule has 3 aromatic carbocycles. The van der Waals surface area contributed by atoms with Crippen molar-refractivity contribution in [3.8, 4) is 33.8 Å². The van der Waals surface area contributed by atoms with Crippen molar-refractivity contribution in [1.82, 2.24) is 15.1 Å². The fourth-order valence-electron chi connectivity index (χ4n) is 3.64. The van der Waals surface area contributed by atoms with Crippen LogP contribution in [0.4, 0.5) is 4.79 Å². The number of para-hydroxylation sites is 1. The maximum atomic E-state index is 11.9. The van der Waals surface area contributed by atoms with Crippen LogP contribution in [0.15, 0.2) is 78.9 Å². The SMILES string of the molecule is CC(C)NC(=O)Oc1cccc(-c2ccc(-c3cc(C(C)(C)O)nn3-c3ccccc3Cl)cc2)c1. The van der Waals surface area contributed by atoms with Gasteiger partial charge in [-0.05, 0) is 69.2 Å². The second-order valence-electron chi connectivity index (χ2n) is 9.13. The zero-order chi connectivity index (χ0) is 25.2. The third-order valence-corrected chi connectivity index (χ3v) is 5.70. The van der Waals surface area contributed by atoms with Gasteiger partial charge in [-0.15, -0.1) is 0 Å². The Morgan fingerprint density at radius 1 is 0.971 bits per heavy atom. The molecule has 0 bridgehead atoms. The summed E-state index contributed by atoms with van der Waals surface area (Å²) in [5.41, 5.74) is 3.78. The molecule has 0 fully saturated rings. The number of ether oxygens (including phenoxy) is 1. The number of nitrogens with one attached hydrogen (secondary N) is 1. The van der Waals surface area contributed by atoms with Crippen LogP contribution in [0.1, 0.15) is 33.4 Å². The fraction of sp³-hybridized carbons (Fsp3) is 0.214. The molecule has 0 spiro atoms. The topological polar surface area (TPSA) is 76.4 Å². The molecular weight excluding hydrogens is 462 g/mol. The number of hydrogen-bond donors (Lipinski definition) is 2. The van der Waals surface area contributed by atoms with E-state index in [1.807, 2.05) is 86.6 Å². The fourth-order valence-corrected chi connectivity index (χ4v) is 3.85. The molecular formula is C28H28ClN3O3. The lowest BCUT2D eigenvalue weighted by Gasteiger charge is -2.13. The molecule has 0 aliphatic rings. The van der Waals surface area contributed by atoms with Crippen LogP contribution < -0.4 is 10.1 Å². The number of carbonyl (C=O) groups is 1. The number of aliphatic hydroxyl groups is 1. The standard InChI is InChI=1S/C28H28ClN3O3/c1-18(2)30-27(33)35-22-9-7-8-21(16-22)19-12-14-20(15-13-19)25-17-26(28(3,4)34)31-32(25)24-11-6-5-10-23(24)29/h5-18,34H,1-4H3,(H,30,33). The van der Waals surface area contributed by atoms with E-state index in [1.54, 1.807) is 24.6 Å². The van der Waals surface area contributed by atoms with Crippen molar-refractivity contribution in [1.29, 1.82) is 0 Å². The van der Waals surface area contributed by atoms with E-state index in [-0.39, 0.29) is 6.04 Å². The summed E-state index contributed by atoms with van der Waals surface area (Å²) >= 11 is 6.46. The lowest BCUT2D eigenvalue weighted by Crippen LogP contribution is -2.32. The molecule has 2 N–H and O–H groups in total. The zero-order valence-electron chi connectivity index (χ0n) is 20.1. The van der Waals surface area contributed by atoms with Gasteiger partial charge in [-0.2, -0.15) is 5.10 Å². The summed E-state index contributed by atoms with van der Waals surface area (Å²) < 4.78 is 7.15. The third-order valence-electron chi connectivity index (χ3n) is 5.38. The first kappa shape index (κ1) is 24.5. The zero-order valence-corrected chi connectivity index (χ0v) is 20.9. The molecule has 35 heavy (non-hydrogen) atoms. The van der Waals surface area contributed by atoms with Gasteiger partial charge >= 0.3 is 6.09 Å². The van der Waals surface area contributed by atoms with Crippen molar-refractivity contribution in [2.45, 2.75) is 39.3 Å². The Morgan fingerprint density at radius 2 is 1.66 bits per heavy atom. The summed E-state index contributed by atoms with van der Waals surface area (Å²) in [6.07, 6.45) is -0.483. The van der Waals surface area contributed by atoms with E-state index < -0.39 is 11.7 Å². The van der Waals surface area contributed by atoms with E-state index >= 15 is 0 Å². The minimum Gasteiger partial charge on any atom is -0.410 e. The van der Waals surface area contributed by atoms with Crippen LogP contribution in [0.2, 0.25) is 5.02 Å². The first-order valence-electron chi connectivity index (χ1n) is 11.4. The Bertz CT molecular complexity index is 1340. The number of amides is 1. The quantitative estimate of drug-likeness (QED) is 0.320. The normalized spacial score (nSPS) is 11.5. The van der Waals surface area contributed by atoms with Crippen molar-refractivity contribution in [2.75, 3.05) is 0 Å². The van der Waals surface area contributed by atoms with Crippen LogP contribution in [0, 0.1) is 0 Å². The minimum absolute atomic E-state index is 0.00523. The van der Waals surface area contributed by atoms with Gasteiger partial charge < -0.3 is 15.2 Å². The molecule has 0 aliphatic heterocycles. The van der Waals surface area contributed by atoms with Crippen molar-refractivity contribution >= 4 is 17.7 Å². The molecule has 6 nitrogen and oxygen atoms in total. The molecule has 0 saturated heterocycles. The van der Waals surface area contributed by atoms with E-state index in [0.717, 1.165) is 28.1 Å². The number of halogens is 1. The summed E-state index contributed by atoms with van der Waals surface area (Å²) in [5.74, 6) is 0.469. The molecule has 0 atom stereocenters. The van der Waals surface area contributed by atoms with Crippen molar-refractivity contribution in [3.05, 3.63) is 89.6 Å². The van der Waals surface area contributed by atoms with Crippen LogP contribution in [0.5, 0.6) is 5.75 Å². The summed E-state index contributed by atoms with van der Waals surface area (Å²) in [7, 11) is 0. The highest BCUT2D eigenvalue weighted by atomic mass is 35.5. The lowest BCUT2D eigenvalue weighted by molar-refractivity contribution is 0.0734. The van der Waals surface area contributed by atoms with Gasteiger partial charge in [0, 0.05) is 11.6 Å². The average molecular weight is 490 g/mol.